The Balaban J connectivity index is 2.18. The molecule has 2 aromatic carbocycles. The van der Waals surface area contributed by atoms with Crippen LogP contribution in [-0.4, -0.2) is 5.11 Å². The fraction of sp³-hybridized carbons (Fsp3) is 0.143. The van der Waals surface area contributed by atoms with Crippen molar-refractivity contribution in [3.63, 3.8) is 0 Å². The number of phenols is 1. The quantitative estimate of drug-likeness (QED) is 0.874. The zero-order valence-electron chi connectivity index (χ0n) is 9.31. The van der Waals surface area contributed by atoms with Gasteiger partial charge < -0.3 is 10.8 Å². The Morgan fingerprint density at radius 2 is 1.82 bits per heavy atom. The molecule has 0 aliphatic rings. The van der Waals surface area contributed by atoms with Gasteiger partial charge in [0.2, 0.25) is 0 Å². The Labute approximate surface area is 106 Å². The van der Waals surface area contributed by atoms with Gasteiger partial charge in [-0.2, -0.15) is 0 Å². The first-order valence-corrected chi connectivity index (χ1v) is 5.82. The molecule has 1 atom stereocenters. The van der Waals surface area contributed by atoms with E-state index in [2.05, 4.69) is 0 Å². The van der Waals surface area contributed by atoms with Gasteiger partial charge in [-0.3, -0.25) is 0 Å². The second kappa shape index (κ2) is 5.21. The highest BCUT2D eigenvalue weighted by Gasteiger charge is 2.10. The molecule has 0 heterocycles. The Hall–Kier alpha value is -1.51. The van der Waals surface area contributed by atoms with Crippen LogP contribution in [0.1, 0.15) is 17.2 Å². The van der Waals surface area contributed by atoms with E-state index in [9.17, 15) is 5.11 Å². The van der Waals surface area contributed by atoms with E-state index in [0.29, 0.717) is 11.4 Å². The molecule has 2 rings (SSSR count). The second-order valence-electron chi connectivity index (χ2n) is 3.99. The third-order valence-corrected chi connectivity index (χ3v) is 2.94. The average Bonchev–Trinajstić information content (AvgIpc) is 2.35. The van der Waals surface area contributed by atoms with E-state index in [1.54, 1.807) is 18.2 Å². The molecular weight excluding hydrogens is 234 g/mol. The van der Waals surface area contributed by atoms with E-state index in [4.69, 9.17) is 17.3 Å². The lowest BCUT2D eigenvalue weighted by Gasteiger charge is -2.13. The Bertz CT molecular complexity index is 499. The van der Waals surface area contributed by atoms with Crippen LogP contribution >= 0.6 is 11.6 Å². The summed E-state index contributed by atoms with van der Waals surface area (Å²) in [6.07, 6.45) is 0.566. The van der Waals surface area contributed by atoms with Gasteiger partial charge in [0.05, 0.1) is 0 Å². The third kappa shape index (κ3) is 2.99. The molecule has 0 fully saturated rings. The van der Waals surface area contributed by atoms with Crippen LogP contribution in [0.2, 0.25) is 5.02 Å². The molecule has 0 radical (unpaired) electrons. The molecule has 3 N–H and O–H groups in total. The monoisotopic (exact) mass is 247 g/mol. The number of phenolic OH excluding ortho intramolecular Hbond substituents is 1. The van der Waals surface area contributed by atoms with Crippen molar-refractivity contribution in [2.45, 2.75) is 12.5 Å². The highest BCUT2D eigenvalue weighted by molar-refractivity contribution is 6.30. The van der Waals surface area contributed by atoms with E-state index in [1.807, 2.05) is 30.3 Å². The van der Waals surface area contributed by atoms with Crippen LogP contribution in [0.15, 0.2) is 48.5 Å². The summed E-state index contributed by atoms with van der Waals surface area (Å²) in [5.41, 5.74) is 7.91. The first-order chi connectivity index (χ1) is 8.16. The van der Waals surface area contributed by atoms with E-state index >= 15 is 0 Å². The zero-order chi connectivity index (χ0) is 12.3. The number of nitrogens with two attached hydrogens (primary N) is 1. The SMILES string of the molecule is NC(Cc1cc(Cl)ccc1O)c1ccccc1. The van der Waals surface area contributed by atoms with Crippen molar-refractivity contribution in [3.05, 3.63) is 64.7 Å². The maximum Gasteiger partial charge on any atom is 0.118 e. The zero-order valence-corrected chi connectivity index (χ0v) is 10.1. The molecule has 0 saturated heterocycles. The molecular formula is C14H14ClNO. The van der Waals surface area contributed by atoms with E-state index < -0.39 is 0 Å². The average molecular weight is 248 g/mol. The summed E-state index contributed by atoms with van der Waals surface area (Å²) >= 11 is 5.89. The van der Waals surface area contributed by atoms with Gasteiger partial charge in [-0.1, -0.05) is 41.9 Å². The van der Waals surface area contributed by atoms with Gasteiger partial charge in [-0.15, -0.1) is 0 Å². The van der Waals surface area contributed by atoms with Crippen LogP contribution in [0.3, 0.4) is 0 Å². The summed E-state index contributed by atoms with van der Waals surface area (Å²) in [6.45, 7) is 0. The summed E-state index contributed by atoms with van der Waals surface area (Å²) < 4.78 is 0. The first kappa shape index (κ1) is 12.0. The molecule has 3 heteroatoms. The van der Waals surface area contributed by atoms with Crippen molar-refractivity contribution >= 4 is 11.6 Å². The summed E-state index contributed by atoms with van der Waals surface area (Å²) in [4.78, 5) is 0. The lowest BCUT2D eigenvalue weighted by Crippen LogP contribution is -2.13. The normalized spacial score (nSPS) is 12.4. The van der Waals surface area contributed by atoms with Crippen molar-refractivity contribution in [2.75, 3.05) is 0 Å². The largest absolute Gasteiger partial charge is 0.508 e. The molecule has 0 amide bonds. The molecule has 17 heavy (non-hydrogen) atoms. The van der Waals surface area contributed by atoms with Crippen LogP contribution in [0.5, 0.6) is 5.75 Å². The number of rotatable bonds is 3. The van der Waals surface area contributed by atoms with E-state index in [-0.39, 0.29) is 11.8 Å². The maximum absolute atomic E-state index is 9.72. The van der Waals surface area contributed by atoms with Gasteiger partial charge in [0.1, 0.15) is 5.75 Å². The highest BCUT2D eigenvalue weighted by atomic mass is 35.5. The first-order valence-electron chi connectivity index (χ1n) is 5.45. The molecule has 2 nitrogen and oxygen atoms in total. The fourth-order valence-corrected chi connectivity index (χ4v) is 1.97. The Morgan fingerprint density at radius 1 is 1.12 bits per heavy atom. The molecule has 88 valence electrons. The topological polar surface area (TPSA) is 46.2 Å². The second-order valence-corrected chi connectivity index (χ2v) is 4.43. The van der Waals surface area contributed by atoms with Gasteiger partial charge in [0.25, 0.3) is 0 Å². The molecule has 0 spiro atoms. The summed E-state index contributed by atoms with van der Waals surface area (Å²) in [6, 6.07) is 14.7. The third-order valence-electron chi connectivity index (χ3n) is 2.71. The predicted octanol–water partition coefficient (Wildman–Crippen LogP) is 3.29. The fourth-order valence-electron chi connectivity index (χ4n) is 1.77. The van der Waals surface area contributed by atoms with Gasteiger partial charge in [0, 0.05) is 11.1 Å². The minimum Gasteiger partial charge on any atom is -0.508 e. The van der Waals surface area contributed by atoms with Crippen molar-refractivity contribution in [3.8, 4) is 5.75 Å². The molecule has 1 unspecified atom stereocenters. The Morgan fingerprint density at radius 3 is 2.53 bits per heavy atom. The van der Waals surface area contributed by atoms with Crippen molar-refractivity contribution in [1.82, 2.24) is 0 Å². The molecule has 0 saturated carbocycles. The number of benzene rings is 2. The summed E-state index contributed by atoms with van der Waals surface area (Å²) in [5.74, 6) is 0.237. The van der Waals surface area contributed by atoms with Gasteiger partial charge in [-0.25, -0.2) is 0 Å². The number of halogens is 1. The lowest BCUT2D eigenvalue weighted by atomic mass is 9.99. The molecule has 0 aliphatic heterocycles. The van der Waals surface area contributed by atoms with Gasteiger partial charge >= 0.3 is 0 Å². The van der Waals surface area contributed by atoms with Crippen molar-refractivity contribution < 1.29 is 5.11 Å². The highest BCUT2D eigenvalue weighted by Crippen LogP contribution is 2.25. The van der Waals surface area contributed by atoms with Crippen LogP contribution in [-0.2, 0) is 6.42 Å². The van der Waals surface area contributed by atoms with Crippen LogP contribution in [0.25, 0.3) is 0 Å². The predicted molar refractivity (Wildman–Crippen MR) is 70.2 cm³/mol. The number of hydrogen-bond acceptors (Lipinski definition) is 2. The molecule has 0 aromatic heterocycles. The van der Waals surface area contributed by atoms with E-state index in [0.717, 1.165) is 11.1 Å². The van der Waals surface area contributed by atoms with Crippen molar-refractivity contribution in [1.29, 1.82) is 0 Å². The standard InChI is InChI=1S/C14H14ClNO/c15-12-6-7-14(17)11(8-12)9-13(16)10-4-2-1-3-5-10/h1-8,13,17H,9,16H2. The smallest absolute Gasteiger partial charge is 0.118 e. The van der Waals surface area contributed by atoms with Crippen LogP contribution in [0, 0.1) is 0 Å². The summed E-state index contributed by atoms with van der Waals surface area (Å²) in [5, 5.41) is 10.3. The molecule has 2 aromatic rings. The van der Waals surface area contributed by atoms with Crippen molar-refractivity contribution in [2.24, 2.45) is 5.73 Å². The lowest BCUT2D eigenvalue weighted by molar-refractivity contribution is 0.465. The molecule has 0 bridgehead atoms. The number of aromatic hydroxyl groups is 1. The van der Waals surface area contributed by atoms with E-state index in [1.165, 1.54) is 0 Å². The van der Waals surface area contributed by atoms with Crippen LogP contribution < -0.4 is 5.73 Å². The minimum absolute atomic E-state index is 0.138. The minimum atomic E-state index is -0.138. The summed E-state index contributed by atoms with van der Waals surface area (Å²) in [7, 11) is 0. The Kier molecular flexibility index (Phi) is 3.67. The van der Waals surface area contributed by atoms with Gasteiger partial charge in [-0.05, 0) is 35.7 Å². The van der Waals surface area contributed by atoms with Crippen LogP contribution in [0.4, 0.5) is 0 Å². The van der Waals surface area contributed by atoms with Gasteiger partial charge in [0.15, 0.2) is 0 Å². The maximum atomic E-state index is 9.72. The molecule has 0 aliphatic carbocycles. The number of hydrogen-bond donors (Lipinski definition) is 2.